The van der Waals surface area contributed by atoms with Crippen LogP contribution in [0.15, 0.2) is 6.20 Å². The Morgan fingerprint density at radius 3 is 2.86 bits per heavy atom. The van der Waals surface area contributed by atoms with Gasteiger partial charge in [0, 0.05) is 25.7 Å². The number of rotatable bonds is 6. The van der Waals surface area contributed by atoms with E-state index in [9.17, 15) is 4.79 Å². The fourth-order valence-electron chi connectivity index (χ4n) is 2.47. The maximum absolute atomic E-state index is 11.1. The van der Waals surface area contributed by atoms with Crippen molar-refractivity contribution in [2.45, 2.75) is 51.4 Å². The molecule has 6 nitrogen and oxygen atoms in total. The molecule has 2 heterocycles. The van der Waals surface area contributed by atoms with Crippen molar-refractivity contribution < 1.29 is 19.0 Å². The van der Waals surface area contributed by atoms with E-state index in [0.29, 0.717) is 0 Å². The zero-order valence-corrected chi connectivity index (χ0v) is 14.6. The fraction of sp³-hybridized carbons (Fsp3) is 0.733. The quantitative estimate of drug-likeness (QED) is 0.748. The monoisotopic (exact) mass is 328 g/mol. The summed E-state index contributed by atoms with van der Waals surface area (Å²) in [5.41, 5.74) is 1.92. The van der Waals surface area contributed by atoms with Gasteiger partial charge in [-0.25, -0.2) is 0 Å². The minimum atomic E-state index is -0.523. The van der Waals surface area contributed by atoms with Crippen LogP contribution in [0.3, 0.4) is 0 Å². The molecule has 0 aliphatic carbocycles. The molecule has 0 amide bonds. The van der Waals surface area contributed by atoms with Crippen LogP contribution in [0.25, 0.3) is 0 Å². The number of ether oxygens (including phenoxy) is 3. The van der Waals surface area contributed by atoms with Crippen molar-refractivity contribution in [3.63, 3.8) is 0 Å². The topological polar surface area (TPSA) is 62.6 Å². The molecule has 0 saturated carbocycles. The van der Waals surface area contributed by atoms with Crippen LogP contribution in [0.4, 0.5) is 0 Å². The first-order valence-electron chi connectivity index (χ1n) is 7.51. The van der Waals surface area contributed by atoms with Gasteiger partial charge in [0.05, 0.1) is 11.4 Å². The van der Waals surface area contributed by atoms with Gasteiger partial charge in [0.25, 0.3) is 0 Å². The molecule has 124 valence electrons. The van der Waals surface area contributed by atoms with Crippen molar-refractivity contribution in [1.29, 1.82) is 0 Å². The number of aromatic nitrogens is 2. The molecule has 7 heteroatoms. The summed E-state index contributed by atoms with van der Waals surface area (Å²) in [5.74, 6) is 0.636. The SMILES string of the molecule is CCS[C@@H]1c2cn(C)nc2[C@@H](OC(C)C)O[C@@H]1COC(C)=O. The van der Waals surface area contributed by atoms with Crippen LogP contribution in [0.1, 0.15) is 50.5 Å². The first-order valence-corrected chi connectivity index (χ1v) is 8.56. The van der Waals surface area contributed by atoms with Crippen LogP contribution in [0.2, 0.25) is 0 Å². The lowest BCUT2D eigenvalue weighted by Crippen LogP contribution is -2.35. The van der Waals surface area contributed by atoms with Gasteiger partial charge in [-0.15, -0.1) is 0 Å². The Balaban J connectivity index is 2.28. The van der Waals surface area contributed by atoms with Crippen molar-refractivity contribution in [3.05, 3.63) is 17.5 Å². The summed E-state index contributed by atoms with van der Waals surface area (Å²) in [6.07, 6.45) is 1.26. The zero-order chi connectivity index (χ0) is 16.3. The van der Waals surface area contributed by atoms with Crippen molar-refractivity contribution in [1.82, 2.24) is 9.78 Å². The second-order valence-corrected chi connectivity index (χ2v) is 6.93. The molecule has 1 aromatic heterocycles. The van der Waals surface area contributed by atoms with E-state index in [-0.39, 0.29) is 30.0 Å². The van der Waals surface area contributed by atoms with Gasteiger partial charge in [0.15, 0.2) is 0 Å². The lowest BCUT2D eigenvalue weighted by atomic mass is 10.0. The second kappa shape index (κ2) is 7.48. The van der Waals surface area contributed by atoms with E-state index in [1.54, 1.807) is 16.4 Å². The van der Waals surface area contributed by atoms with Gasteiger partial charge in [0.2, 0.25) is 6.29 Å². The number of esters is 1. The highest BCUT2D eigenvalue weighted by molar-refractivity contribution is 7.99. The Hall–Kier alpha value is -1.05. The van der Waals surface area contributed by atoms with E-state index < -0.39 is 6.29 Å². The summed E-state index contributed by atoms with van der Waals surface area (Å²) in [7, 11) is 1.89. The van der Waals surface area contributed by atoms with Gasteiger partial charge in [-0.05, 0) is 19.6 Å². The summed E-state index contributed by atoms with van der Waals surface area (Å²) in [6.45, 7) is 7.64. The third kappa shape index (κ3) is 4.02. The van der Waals surface area contributed by atoms with Gasteiger partial charge in [-0.1, -0.05) is 6.92 Å². The van der Waals surface area contributed by atoms with Gasteiger partial charge in [0.1, 0.15) is 18.4 Å². The molecule has 0 bridgehead atoms. The number of aryl methyl sites for hydroxylation is 1. The van der Waals surface area contributed by atoms with E-state index in [4.69, 9.17) is 14.2 Å². The Kier molecular flexibility index (Phi) is 5.88. The third-order valence-electron chi connectivity index (χ3n) is 3.25. The summed E-state index contributed by atoms with van der Waals surface area (Å²) >= 11 is 1.76. The molecule has 1 aliphatic rings. The standard InChI is InChI=1S/C15H24N2O4S/c1-6-22-14-11-7-17(5)16-13(11)15(20-9(2)3)21-12(14)8-19-10(4)18/h7,9,12,14-15H,6,8H2,1-5H3/t12-,14-,15+/m1/s1. The molecule has 3 atom stereocenters. The number of hydrogen-bond acceptors (Lipinski definition) is 6. The lowest BCUT2D eigenvalue weighted by molar-refractivity contribution is -0.212. The lowest BCUT2D eigenvalue weighted by Gasteiger charge is -2.35. The number of nitrogens with zero attached hydrogens (tertiary/aromatic N) is 2. The predicted octanol–water partition coefficient (Wildman–Crippen LogP) is 2.60. The molecule has 0 fully saturated rings. The highest BCUT2D eigenvalue weighted by atomic mass is 32.2. The van der Waals surface area contributed by atoms with Gasteiger partial charge < -0.3 is 14.2 Å². The third-order valence-corrected chi connectivity index (χ3v) is 4.50. The van der Waals surface area contributed by atoms with E-state index in [1.807, 2.05) is 27.1 Å². The van der Waals surface area contributed by atoms with Crippen LogP contribution in [0.5, 0.6) is 0 Å². The molecular formula is C15H24N2O4S. The number of fused-ring (bicyclic) bond motifs is 1. The number of hydrogen-bond donors (Lipinski definition) is 0. The van der Waals surface area contributed by atoms with Crippen molar-refractivity contribution >= 4 is 17.7 Å². The maximum Gasteiger partial charge on any atom is 0.302 e. The Bertz CT molecular complexity index is 518. The summed E-state index contributed by atoms with van der Waals surface area (Å²) in [4.78, 5) is 11.1. The largest absolute Gasteiger partial charge is 0.463 e. The molecule has 0 saturated heterocycles. The van der Waals surface area contributed by atoms with Crippen LogP contribution in [-0.4, -0.2) is 40.3 Å². The van der Waals surface area contributed by atoms with Crippen LogP contribution in [0, 0.1) is 0 Å². The minimum absolute atomic E-state index is 0.0182. The molecule has 22 heavy (non-hydrogen) atoms. The average molecular weight is 328 g/mol. The first kappa shape index (κ1) is 17.3. The van der Waals surface area contributed by atoms with Gasteiger partial charge >= 0.3 is 5.97 Å². The number of carbonyl (C=O) groups is 1. The van der Waals surface area contributed by atoms with Crippen molar-refractivity contribution in [3.8, 4) is 0 Å². The van der Waals surface area contributed by atoms with Crippen LogP contribution < -0.4 is 0 Å². The smallest absolute Gasteiger partial charge is 0.302 e. The molecule has 0 radical (unpaired) electrons. The maximum atomic E-state index is 11.1. The predicted molar refractivity (Wildman–Crippen MR) is 84.5 cm³/mol. The Morgan fingerprint density at radius 1 is 1.55 bits per heavy atom. The van der Waals surface area contributed by atoms with E-state index in [1.165, 1.54) is 6.92 Å². The Labute approximate surface area is 135 Å². The molecule has 0 unspecified atom stereocenters. The second-order valence-electron chi connectivity index (χ2n) is 5.51. The van der Waals surface area contributed by atoms with E-state index in [2.05, 4.69) is 12.0 Å². The number of carbonyl (C=O) groups excluding carboxylic acids is 1. The normalized spacial score (nSPS) is 24.4. The molecular weight excluding hydrogens is 304 g/mol. The highest BCUT2D eigenvalue weighted by Crippen LogP contribution is 2.44. The first-order chi connectivity index (χ1) is 10.4. The Morgan fingerprint density at radius 2 is 2.27 bits per heavy atom. The molecule has 1 aromatic rings. The van der Waals surface area contributed by atoms with E-state index in [0.717, 1.165) is 17.0 Å². The zero-order valence-electron chi connectivity index (χ0n) is 13.7. The van der Waals surface area contributed by atoms with E-state index >= 15 is 0 Å². The molecule has 0 spiro atoms. The average Bonchev–Trinajstić information content (AvgIpc) is 2.81. The van der Waals surface area contributed by atoms with Gasteiger partial charge in [-0.2, -0.15) is 16.9 Å². The molecule has 0 aromatic carbocycles. The number of thioether (sulfide) groups is 1. The minimum Gasteiger partial charge on any atom is -0.463 e. The fourth-order valence-corrected chi connectivity index (χ4v) is 3.55. The molecule has 0 N–H and O–H groups in total. The van der Waals surface area contributed by atoms with Crippen LogP contribution >= 0.6 is 11.8 Å². The van der Waals surface area contributed by atoms with Crippen molar-refractivity contribution in [2.75, 3.05) is 12.4 Å². The van der Waals surface area contributed by atoms with Gasteiger partial charge in [-0.3, -0.25) is 9.48 Å². The molecule has 1 aliphatic heterocycles. The summed E-state index contributed by atoms with van der Waals surface area (Å²) in [5, 5.41) is 4.58. The highest BCUT2D eigenvalue weighted by Gasteiger charge is 2.39. The van der Waals surface area contributed by atoms with Crippen molar-refractivity contribution in [2.24, 2.45) is 7.05 Å². The van der Waals surface area contributed by atoms with Crippen LogP contribution in [-0.2, 0) is 26.1 Å². The summed E-state index contributed by atoms with van der Waals surface area (Å²) in [6, 6.07) is 0. The molecule has 2 rings (SSSR count). The summed E-state index contributed by atoms with van der Waals surface area (Å²) < 4.78 is 18.9.